The van der Waals surface area contributed by atoms with Crippen molar-refractivity contribution in [1.29, 1.82) is 0 Å². The van der Waals surface area contributed by atoms with Crippen LogP contribution in [0.15, 0.2) is 4.79 Å². The molecule has 6 nitrogen and oxygen atoms in total. The molecule has 1 unspecified atom stereocenters. The van der Waals surface area contributed by atoms with Crippen molar-refractivity contribution in [2.24, 2.45) is 0 Å². The normalized spacial score (nSPS) is 20.2. The highest BCUT2D eigenvalue weighted by atomic mass is 16.4. The van der Waals surface area contributed by atoms with Gasteiger partial charge in [-0.05, 0) is 13.3 Å². The second kappa shape index (κ2) is 4.08. The van der Waals surface area contributed by atoms with Gasteiger partial charge in [-0.25, -0.2) is 9.78 Å². The van der Waals surface area contributed by atoms with Crippen LogP contribution in [-0.2, 0) is 10.2 Å². The molecule has 6 heteroatoms. The summed E-state index contributed by atoms with van der Waals surface area (Å²) in [6.07, 6.45) is 0.414. The van der Waals surface area contributed by atoms with Gasteiger partial charge in [-0.15, -0.1) is 0 Å². The third-order valence-electron chi connectivity index (χ3n) is 3.63. The summed E-state index contributed by atoms with van der Waals surface area (Å²) in [5.41, 5.74) is 0.764. The van der Waals surface area contributed by atoms with Crippen molar-refractivity contribution in [3.63, 3.8) is 0 Å². The Morgan fingerprint density at radius 3 is 2.53 bits per heavy atom. The number of aromatic nitrogens is 2. The topological polar surface area (TPSA) is 75.4 Å². The van der Waals surface area contributed by atoms with Gasteiger partial charge < -0.3 is 10.0 Å². The van der Waals surface area contributed by atoms with Crippen molar-refractivity contribution in [3.8, 4) is 0 Å². The fourth-order valence-corrected chi connectivity index (χ4v) is 2.92. The van der Waals surface area contributed by atoms with E-state index in [4.69, 9.17) is 0 Å². The van der Waals surface area contributed by atoms with Gasteiger partial charge in [0.05, 0.1) is 5.69 Å². The molecule has 0 amide bonds. The molecule has 1 atom stereocenters. The van der Waals surface area contributed by atoms with Crippen molar-refractivity contribution in [2.45, 2.75) is 38.6 Å². The van der Waals surface area contributed by atoms with Gasteiger partial charge in [0.25, 0.3) is 5.56 Å². The Kier molecular flexibility index (Phi) is 2.91. The van der Waals surface area contributed by atoms with E-state index in [1.807, 2.05) is 20.8 Å². The number of anilines is 1. The highest BCUT2D eigenvalue weighted by Crippen LogP contribution is 2.41. The average molecular weight is 265 g/mol. The number of rotatable bonds is 2. The lowest BCUT2D eigenvalue weighted by molar-refractivity contribution is -0.140. The number of fused-ring (bicyclic) bond motifs is 1. The number of hydrogen-bond donors (Lipinski definition) is 1. The van der Waals surface area contributed by atoms with E-state index in [9.17, 15) is 14.7 Å². The molecule has 0 saturated heterocycles. The number of carboxylic acid groups (broad SMARTS) is 1. The molecule has 0 aliphatic carbocycles. The van der Waals surface area contributed by atoms with Crippen LogP contribution in [0.25, 0.3) is 0 Å². The smallest absolute Gasteiger partial charge is 0.326 e. The molecule has 1 aromatic heterocycles. The summed E-state index contributed by atoms with van der Waals surface area (Å²) in [6.45, 7) is 5.72. The highest BCUT2D eigenvalue weighted by Gasteiger charge is 2.43. The predicted octanol–water partition coefficient (Wildman–Crippen LogP) is 0.925. The Bertz CT molecular complexity index is 602. The summed E-state index contributed by atoms with van der Waals surface area (Å²) in [6, 6.07) is -0.807. The first-order valence-corrected chi connectivity index (χ1v) is 6.20. The van der Waals surface area contributed by atoms with Crippen LogP contribution in [0, 0.1) is 6.92 Å². The molecule has 2 heterocycles. The van der Waals surface area contributed by atoms with Crippen LogP contribution < -0.4 is 10.5 Å². The molecule has 0 aromatic carbocycles. The standard InChI is InChI=1S/C13H19N3O3/c1-7-9-13(2,3)6-8(12(18)19)16(9)11(17)10(14-7)15(4)5/h8H,6H2,1-5H3,(H,18,19). The zero-order valence-corrected chi connectivity index (χ0v) is 11.9. The molecule has 1 aromatic rings. The summed E-state index contributed by atoms with van der Waals surface area (Å²) in [5.74, 6) is -0.686. The van der Waals surface area contributed by atoms with Crippen molar-refractivity contribution < 1.29 is 9.90 Å². The minimum Gasteiger partial charge on any atom is -0.480 e. The van der Waals surface area contributed by atoms with Crippen LogP contribution in [0.1, 0.15) is 37.7 Å². The Balaban J connectivity index is 2.82. The molecule has 0 fully saturated rings. The van der Waals surface area contributed by atoms with E-state index in [2.05, 4.69) is 4.98 Å². The van der Waals surface area contributed by atoms with Crippen LogP contribution in [-0.4, -0.2) is 34.7 Å². The van der Waals surface area contributed by atoms with Crippen molar-refractivity contribution in [1.82, 2.24) is 9.55 Å². The number of carbonyl (C=O) groups is 1. The largest absolute Gasteiger partial charge is 0.480 e. The minimum atomic E-state index is -0.968. The maximum atomic E-state index is 12.5. The highest BCUT2D eigenvalue weighted by molar-refractivity contribution is 5.73. The van der Waals surface area contributed by atoms with Gasteiger partial charge >= 0.3 is 5.97 Å². The lowest BCUT2D eigenvalue weighted by atomic mass is 9.85. The SMILES string of the molecule is Cc1nc(N(C)C)c(=O)n2c1C(C)(C)CC2C(=O)O. The molecule has 0 spiro atoms. The van der Waals surface area contributed by atoms with E-state index in [0.29, 0.717) is 6.42 Å². The molecule has 2 rings (SSSR count). The number of nitrogens with zero attached hydrogens (tertiary/aromatic N) is 3. The zero-order valence-electron chi connectivity index (χ0n) is 11.9. The summed E-state index contributed by atoms with van der Waals surface area (Å²) in [5, 5.41) is 9.34. The Hall–Kier alpha value is -1.85. The molecule has 1 aliphatic heterocycles. The van der Waals surface area contributed by atoms with Gasteiger partial charge in [0.15, 0.2) is 5.82 Å². The first kappa shape index (κ1) is 13.6. The minimum absolute atomic E-state index is 0.283. The molecular weight excluding hydrogens is 246 g/mol. The third kappa shape index (κ3) is 1.91. The molecule has 0 bridgehead atoms. The van der Waals surface area contributed by atoms with E-state index < -0.39 is 12.0 Å². The maximum Gasteiger partial charge on any atom is 0.326 e. The third-order valence-corrected chi connectivity index (χ3v) is 3.63. The Morgan fingerprint density at radius 2 is 2.05 bits per heavy atom. The number of aryl methyl sites for hydroxylation is 1. The van der Waals surface area contributed by atoms with Crippen LogP contribution in [0.2, 0.25) is 0 Å². The zero-order chi connectivity index (χ0) is 14.5. The quantitative estimate of drug-likeness (QED) is 0.860. The monoisotopic (exact) mass is 265 g/mol. The summed E-state index contributed by atoms with van der Waals surface area (Å²) in [4.78, 5) is 29.8. The summed E-state index contributed by atoms with van der Waals surface area (Å²) < 4.78 is 1.40. The average Bonchev–Trinajstić information content (AvgIpc) is 2.56. The molecular formula is C13H19N3O3. The summed E-state index contributed by atoms with van der Waals surface area (Å²) in [7, 11) is 3.46. The fourth-order valence-electron chi connectivity index (χ4n) is 2.92. The van der Waals surface area contributed by atoms with Crippen molar-refractivity contribution in [2.75, 3.05) is 19.0 Å². The predicted molar refractivity (Wildman–Crippen MR) is 71.9 cm³/mol. The van der Waals surface area contributed by atoms with Gasteiger partial charge in [-0.2, -0.15) is 0 Å². The fraction of sp³-hybridized carbons (Fsp3) is 0.615. The Morgan fingerprint density at radius 1 is 1.47 bits per heavy atom. The Labute approximate surface area is 111 Å². The van der Waals surface area contributed by atoms with Gasteiger partial charge in [0, 0.05) is 25.2 Å². The van der Waals surface area contributed by atoms with Crippen LogP contribution in [0.3, 0.4) is 0 Å². The van der Waals surface area contributed by atoms with E-state index in [0.717, 1.165) is 11.4 Å². The molecule has 19 heavy (non-hydrogen) atoms. The van der Waals surface area contributed by atoms with Gasteiger partial charge in [0.2, 0.25) is 0 Å². The molecule has 1 aliphatic rings. The summed E-state index contributed by atoms with van der Waals surface area (Å²) >= 11 is 0. The number of hydrogen-bond acceptors (Lipinski definition) is 4. The first-order valence-electron chi connectivity index (χ1n) is 6.20. The lowest BCUT2D eigenvalue weighted by Crippen LogP contribution is -2.34. The van der Waals surface area contributed by atoms with Crippen molar-refractivity contribution >= 4 is 11.8 Å². The van der Waals surface area contributed by atoms with Crippen molar-refractivity contribution in [3.05, 3.63) is 21.7 Å². The lowest BCUT2D eigenvalue weighted by Gasteiger charge is -2.21. The van der Waals surface area contributed by atoms with E-state index in [1.54, 1.807) is 19.0 Å². The number of aliphatic carboxylic acids is 1. The van der Waals surface area contributed by atoms with E-state index in [-0.39, 0.29) is 16.8 Å². The second-order valence-electron chi connectivity index (χ2n) is 5.88. The molecule has 0 saturated carbocycles. The van der Waals surface area contributed by atoms with Crippen LogP contribution in [0.5, 0.6) is 0 Å². The molecule has 104 valence electrons. The van der Waals surface area contributed by atoms with E-state index >= 15 is 0 Å². The van der Waals surface area contributed by atoms with Crippen LogP contribution >= 0.6 is 0 Å². The van der Waals surface area contributed by atoms with Crippen LogP contribution in [0.4, 0.5) is 5.82 Å². The first-order chi connectivity index (χ1) is 8.66. The van der Waals surface area contributed by atoms with Gasteiger partial charge in [-0.1, -0.05) is 13.8 Å². The van der Waals surface area contributed by atoms with Gasteiger partial charge in [0.1, 0.15) is 6.04 Å². The molecule has 0 radical (unpaired) electrons. The number of carboxylic acids is 1. The van der Waals surface area contributed by atoms with E-state index in [1.165, 1.54) is 4.57 Å². The maximum absolute atomic E-state index is 12.5. The van der Waals surface area contributed by atoms with Gasteiger partial charge in [-0.3, -0.25) is 9.36 Å². The molecule has 1 N–H and O–H groups in total. The second-order valence-corrected chi connectivity index (χ2v) is 5.88.